The van der Waals surface area contributed by atoms with Crippen molar-refractivity contribution in [2.75, 3.05) is 31.2 Å². The van der Waals surface area contributed by atoms with Crippen LogP contribution in [0.5, 0.6) is 0 Å². The number of halogens is 1. The van der Waals surface area contributed by atoms with Crippen LogP contribution in [-0.4, -0.2) is 46.5 Å². The average molecular weight is 348 g/mol. The summed E-state index contributed by atoms with van der Waals surface area (Å²) in [5.41, 5.74) is 3.10. The number of nitrogens with zero attached hydrogens (tertiary/aromatic N) is 3. The molecule has 1 aliphatic rings. The van der Waals surface area contributed by atoms with Gasteiger partial charge >= 0.3 is 0 Å². The molecule has 0 bridgehead atoms. The highest BCUT2D eigenvalue weighted by molar-refractivity contribution is 6.30. The summed E-state index contributed by atoms with van der Waals surface area (Å²) < 4.78 is 0. The maximum absolute atomic E-state index is 9.37. The van der Waals surface area contributed by atoms with Crippen molar-refractivity contribution in [1.29, 1.82) is 0 Å². The fourth-order valence-corrected chi connectivity index (χ4v) is 3.35. The molecule has 128 valence electrons. The van der Waals surface area contributed by atoms with E-state index in [1.54, 1.807) is 0 Å². The molecule has 3 rings (SSSR count). The summed E-state index contributed by atoms with van der Waals surface area (Å²) in [6.07, 6.45) is 4.11. The summed E-state index contributed by atoms with van der Waals surface area (Å²) >= 11 is 6.11. The summed E-state index contributed by atoms with van der Waals surface area (Å²) in [6, 6.07) is 7.52. The van der Waals surface area contributed by atoms with E-state index >= 15 is 0 Å². The molecule has 0 unspecified atom stereocenters. The zero-order chi connectivity index (χ0) is 16.9. The maximum Gasteiger partial charge on any atom is 0.161 e. The number of rotatable bonds is 6. The average Bonchev–Trinajstić information content (AvgIpc) is 2.60. The Labute approximate surface area is 146 Å². The van der Waals surface area contributed by atoms with Crippen LogP contribution in [0.25, 0.3) is 11.4 Å². The Hall–Kier alpha value is -1.69. The van der Waals surface area contributed by atoms with Crippen LogP contribution >= 0.6 is 11.6 Å². The zero-order valence-corrected chi connectivity index (χ0v) is 14.3. The molecule has 1 aliphatic carbocycles. The third-order valence-electron chi connectivity index (χ3n) is 4.28. The van der Waals surface area contributed by atoms with Crippen molar-refractivity contribution in [3.8, 4) is 11.4 Å². The standard InChI is InChI=1S/C18H22ClN3O2/c19-14-5-3-4-13(12-14)17-20-16-7-2-1-6-15(16)18(21-17)22(8-10-23)9-11-24/h3-5,12,23-24H,1-2,6-11H2. The van der Waals surface area contributed by atoms with E-state index in [4.69, 9.17) is 21.6 Å². The largest absolute Gasteiger partial charge is 0.395 e. The molecule has 0 atom stereocenters. The normalized spacial score (nSPS) is 13.6. The molecule has 1 aromatic heterocycles. The number of aryl methyl sites for hydroxylation is 1. The van der Waals surface area contributed by atoms with Crippen molar-refractivity contribution in [2.24, 2.45) is 0 Å². The summed E-state index contributed by atoms with van der Waals surface area (Å²) in [6.45, 7) is 0.925. The lowest BCUT2D eigenvalue weighted by molar-refractivity contribution is 0.280. The Morgan fingerprint density at radius 3 is 2.50 bits per heavy atom. The minimum atomic E-state index is 0.0191. The highest BCUT2D eigenvalue weighted by Crippen LogP contribution is 2.31. The van der Waals surface area contributed by atoms with E-state index in [1.165, 1.54) is 0 Å². The van der Waals surface area contributed by atoms with Crippen LogP contribution in [0.1, 0.15) is 24.1 Å². The number of anilines is 1. The van der Waals surface area contributed by atoms with Gasteiger partial charge in [0, 0.05) is 34.9 Å². The molecule has 0 saturated heterocycles. The molecule has 0 aliphatic heterocycles. The fraction of sp³-hybridized carbons (Fsp3) is 0.444. The Morgan fingerprint density at radius 1 is 1.04 bits per heavy atom. The predicted molar refractivity (Wildman–Crippen MR) is 95.5 cm³/mol. The molecular weight excluding hydrogens is 326 g/mol. The minimum absolute atomic E-state index is 0.0191. The third-order valence-corrected chi connectivity index (χ3v) is 4.52. The number of benzene rings is 1. The van der Waals surface area contributed by atoms with Crippen LogP contribution in [0.15, 0.2) is 24.3 Å². The molecule has 2 N–H and O–H groups in total. The van der Waals surface area contributed by atoms with Gasteiger partial charge in [-0.05, 0) is 37.8 Å². The maximum atomic E-state index is 9.37. The Balaban J connectivity index is 2.10. The lowest BCUT2D eigenvalue weighted by Gasteiger charge is -2.28. The van der Waals surface area contributed by atoms with Gasteiger partial charge in [-0.25, -0.2) is 9.97 Å². The third kappa shape index (κ3) is 3.69. The number of aromatic nitrogens is 2. The van der Waals surface area contributed by atoms with Gasteiger partial charge in [0.15, 0.2) is 5.82 Å². The molecule has 1 aromatic carbocycles. The molecule has 2 aromatic rings. The van der Waals surface area contributed by atoms with Gasteiger partial charge in [-0.1, -0.05) is 23.7 Å². The second kappa shape index (κ2) is 7.92. The number of hydrogen-bond donors (Lipinski definition) is 2. The summed E-state index contributed by atoms with van der Waals surface area (Å²) in [5, 5.41) is 19.4. The van der Waals surface area contributed by atoms with Gasteiger partial charge in [-0.3, -0.25) is 0 Å². The molecule has 24 heavy (non-hydrogen) atoms. The summed E-state index contributed by atoms with van der Waals surface area (Å²) in [4.78, 5) is 11.5. The first-order valence-corrected chi connectivity index (χ1v) is 8.73. The van der Waals surface area contributed by atoms with Crippen molar-refractivity contribution in [3.05, 3.63) is 40.5 Å². The fourth-order valence-electron chi connectivity index (χ4n) is 3.16. The van der Waals surface area contributed by atoms with E-state index in [0.29, 0.717) is 23.9 Å². The summed E-state index contributed by atoms with van der Waals surface area (Å²) in [5.74, 6) is 1.48. The molecule has 0 amide bonds. The van der Waals surface area contributed by atoms with Gasteiger partial charge in [0.1, 0.15) is 5.82 Å². The highest BCUT2D eigenvalue weighted by atomic mass is 35.5. The lowest BCUT2D eigenvalue weighted by Crippen LogP contribution is -2.32. The second-order valence-electron chi connectivity index (χ2n) is 5.95. The second-order valence-corrected chi connectivity index (χ2v) is 6.38. The van der Waals surface area contributed by atoms with Gasteiger partial charge in [0.2, 0.25) is 0 Å². The quantitative estimate of drug-likeness (QED) is 0.840. The summed E-state index contributed by atoms with van der Waals surface area (Å²) in [7, 11) is 0. The van der Waals surface area contributed by atoms with Crippen LogP contribution in [0.3, 0.4) is 0 Å². The molecule has 1 heterocycles. The van der Waals surface area contributed by atoms with E-state index in [2.05, 4.69) is 0 Å². The topological polar surface area (TPSA) is 69.5 Å². The SMILES string of the molecule is OCCN(CCO)c1nc(-c2cccc(Cl)c2)nc2c1CCCC2. The van der Waals surface area contributed by atoms with Gasteiger partial charge in [-0.2, -0.15) is 0 Å². The molecule has 0 spiro atoms. The van der Waals surface area contributed by atoms with E-state index in [1.807, 2.05) is 29.2 Å². The molecular formula is C18H22ClN3O2. The van der Waals surface area contributed by atoms with Crippen molar-refractivity contribution in [3.63, 3.8) is 0 Å². The van der Waals surface area contributed by atoms with Crippen molar-refractivity contribution in [2.45, 2.75) is 25.7 Å². The van der Waals surface area contributed by atoms with Gasteiger partial charge in [-0.15, -0.1) is 0 Å². The Kier molecular flexibility index (Phi) is 5.66. The minimum Gasteiger partial charge on any atom is -0.395 e. The Bertz CT molecular complexity index is 703. The predicted octanol–water partition coefficient (Wildman–Crippen LogP) is 2.47. The first-order valence-electron chi connectivity index (χ1n) is 8.35. The van der Waals surface area contributed by atoms with Crippen LogP contribution in [0.2, 0.25) is 5.02 Å². The lowest BCUT2D eigenvalue weighted by atomic mass is 9.95. The van der Waals surface area contributed by atoms with Crippen molar-refractivity contribution >= 4 is 17.4 Å². The van der Waals surface area contributed by atoms with E-state index in [-0.39, 0.29) is 13.2 Å². The smallest absolute Gasteiger partial charge is 0.161 e. The molecule has 0 radical (unpaired) electrons. The number of fused-ring (bicyclic) bond motifs is 1. The van der Waals surface area contributed by atoms with Crippen molar-refractivity contribution in [1.82, 2.24) is 9.97 Å². The van der Waals surface area contributed by atoms with Crippen LogP contribution < -0.4 is 4.90 Å². The first-order chi connectivity index (χ1) is 11.7. The van der Waals surface area contributed by atoms with Crippen LogP contribution in [0, 0.1) is 0 Å². The molecule has 6 heteroatoms. The highest BCUT2D eigenvalue weighted by Gasteiger charge is 2.22. The number of aliphatic hydroxyl groups excluding tert-OH is 2. The van der Waals surface area contributed by atoms with Gasteiger partial charge < -0.3 is 15.1 Å². The van der Waals surface area contributed by atoms with Crippen LogP contribution in [0.4, 0.5) is 5.82 Å². The van der Waals surface area contributed by atoms with Crippen molar-refractivity contribution < 1.29 is 10.2 Å². The zero-order valence-electron chi connectivity index (χ0n) is 13.6. The van der Waals surface area contributed by atoms with E-state index < -0.39 is 0 Å². The van der Waals surface area contributed by atoms with Gasteiger partial charge in [0.25, 0.3) is 0 Å². The molecule has 0 fully saturated rings. The molecule has 5 nitrogen and oxygen atoms in total. The number of hydrogen-bond acceptors (Lipinski definition) is 5. The monoisotopic (exact) mass is 347 g/mol. The van der Waals surface area contributed by atoms with E-state index in [9.17, 15) is 10.2 Å². The number of aliphatic hydroxyl groups is 2. The van der Waals surface area contributed by atoms with E-state index in [0.717, 1.165) is 48.3 Å². The molecule has 0 saturated carbocycles. The van der Waals surface area contributed by atoms with Gasteiger partial charge in [0.05, 0.1) is 13.2 Å². The first kappa shape index (κ1) is 17.1. The van der Waals surface area contributed by atoms with Crippen LogP contribution in [-0.2, 0) is 12.8 Å². The Morgan fingerprint density at radius 2 is 1.79 bits per heavy atom.